The summed E-state index contributed by atoms with van der Waals surface area (Å²) < 4.78 is 6.17. The summed E-state index contributed by atoms with van der Waals surface area (Å²) >= 11 is 6.88. The van der Waals surface area contributed by atoms with Crippen molar-refractivity contribution in [2.45, 2.75) is 31.5 Å². The molecule has 0 aromatic heterocycles. The molecule has 0 amide bonds. The van der Waals surface area contributed by atoms with Gasteiger partial charge in [0.15, 0.2) is 0 Å². The van der Waals surface area contributed by atoms with Gasteiger partial charge >= 0.3 is 5.97 Å². The van der Waals surface area contributed by atoms with Crippen LogP contribution in [0.3, 0.4) is 0 Å². The van der Waals surface area contributed by atoms with E-state index in [1.807, 2.05) is 78.6 Å². The van der Waals surface area contributed by atoms with E-state index in [-0.39, 0.29) is 11.6 Å². The molecule has 1 aliphatic heterocycles. The van der Waals surface area contributed by atoms with Crippen molar-refractivity contribution in [2.75, 3.05) is 10.6 Å². The number of hydrogen-bond donors (Lipinski definition) is 2. The average Bonchev–Trinajstić information content (AvgIpc) is 3.09. The molecule has 0 aliphatic carbocycles. The van der Waals surface area contributed by atoms with Crippen molar-refractivity contribution >= 4 is 28.9 Å². The van der Waals surface area contributed by atoms with Crippen LogP contribution in [0.1, 0.15) is 40.0 Å². The van der Waals surface area contributed by atoms with Gasteiger partial charge in [-0.15, -0.1) is 0 Å². The highest BCUT2D eigenvalue weighted by molar-refractivity contribution is 6.27. The smallest absolute Gasteiger partial charge is 0.338 e. The second-order valence-corrected chi connectivity index (χ2v) is 8.75. The highest BCUT2D eigenvalue weighted by atomic mass is 35.5. The third kappa shape index (κ3) is 4.04. The van der Waals surface area contributed by atoms with E-state index in [2.05, 4.69) is 0 Å². The highest BCUT2D eigenvalue weighted by Gasteiger charge is 2.41. The number of ether oxygens (including phenoxy) is 1. The number of carbonyl (C=O) groups is 1. The Morgan fingerprint density at radius 3 is 2.53 bits per heavy atom. The Balaban J connectivity index is 1.76. The zero-order valence-electron chi connectivity index (χ0n) is 18.0. The number of benzene rings is 3. The summed E-state index contributed by atoms with van der Waals surface area (Å²) in [5, 5.41) is 9.95. The van der Waals surface area contributed by atoms with Gasteiger partial charge in [-0.25, -0.2) is 4.79 Å². The third-order valence-electron chi connectivity index (χ3n) is 5.77. The fourth-order valence-corrected chi connectivity index (χ4v) is 4.38. The molecule has 0 saturated heterocycles. The zero-order chi connectivity index (χ0) is 22.9. The van der Waals surface area contributed by atoms with Crippen LogP contribution in [0.15, 0.2) is 78.9 Å². The number of alkyl halides is 1. The second-order valence-electron chi connectivity index (χ2n) is 7.99. The van der Waals surface area contributed by atoms with Crippen molar-refractivity contribution in [3.05, 3.63) is 101 Å². The molecule has 0 saturated carbocycles. The average molecular weight is 449 g/mol. The molecule has 0 radical (unpaired) electrons. The summed E-state index contributed by atoms with van der Waals surface area (Å²) in [4.78, 5) is 13.1. The predicted octanol–water partition coefficient (Wildman–Crippen LogP) is 5.93. The fraction of sp³-hybridized carbons (Fsp3) is 0.192. The first-order valence-electron chi connectivity index (χ1n) is 10.3. The molecule has 3 aromatic rings. The largest absolute Gasteiger partial charge is 0.489 e. The minimum atomic E-state index is -1.04. The molecule has 2 unspecified atom stereocenters. The normalized spacial score (nSPS) is 19.8. The summed E-state index contributed by atoms with van der Waals surface area (Å²) in [6, 6.07) is 20.8. The van der Waals surface area contributed by atoms with E-state index in [1.165, 1.54) is 0 Å². The number of aromatic carboxylic acids is 1. The van der Waals surface area contributed by atoms with Crippen LogP contribution in [0.2, 0.25) is 0 Å². The van der Waals surface area contributed by atoms with Gasteiger partial charge in [0.25, 0.3) is 0 Å². The van der Waals surface area contributed by atoms with Crippen LogP contribution < -0.4 is 15.4 Å². The number of nitrogen functional groups attached to an aromatic ring is 1. The van der Waals surface area contributed by atoms with Crippen LogP contribution >= 0.6 is 11.6 Å². The fourth-order valence-electron chi connectivity index (χ4n) is 4.11. The summed E-state index contributed by atoms with van der Waals surface area (Å²) in [5.41, 5.74) is 9.57. The number of hydrogen-bond acceptors (Lipinski definition) is 4. The molecule has 3 aromatic carbocycles. The van der Waals surface area contributed by atoms with Crippen LogP contribution in [0.5, 0.6) is 5.75 Å². The van der Waals surface area contributed by atoms with E-state index >= 15 is 0 Å². The molecule has 0 bridgehead atoms. The van der Waals surface area contributed by atoms with E-state index < -0.39 is 11.0 Å². The van der Waals surface area contributed by atoms with Crippen LogP contribution in [0.4, 0.5) is 11.4 Å². The maximum absolute atomic E-state index is 12.2. The highest BCUT2D eigenvalue weighted by Crippen LogP contribution is 2.47. The topological polar surface area (TPSA) is 75.8 Å². The Hall–Kier alpha value is -3.44. The van der Waals surface area contributed by atoms with Gasteiger partial charge in [0.1, 0.15) is 17.4 Å². The molecule has 3 N–H and O–H groups in total. The van der Waals surface area contributed by atoms with Gasteiger partial charge in [-0.05, 0) is 49.2 Å². The molecule has 2 atom stereocenters. The van der Waals surface area contributed by atoms with Gasteiger partial charge in [0.05, 0.1) is 17.3 Å². The Bertz CT molecular complexity index is 1170. The van der Waals surface area contributed by atoms with Gasteiger partial charge in [0, 0.05) is 11.3 Å². The lowest BCUT2D eigenvalue weighted by Gasteiger charge is -2.38. The molecule has 4 rings (SSSR count). The number of nitrogens with two attached hydrogens (primary N) is 1. The quantitative estimate of drug-likeness (QED) is 0.211. The molecule has 164 valence electrons. The number of para-hydroxylation sites is 1. The van der Waals surface area contributed by atoms with Crippen molar-refractivity contribution in [3.8, 4) is 5.75 Å². The van der Waals surface area contributed by atoms with Crippen LogP contribution in [0, 0.1) is 6.92 Å². The first kappa shape index (κ1) is 21.8. The van der Waals surface area contributed by atoms with Gasteiger partial charge < -0.3 is 20.5 Å². The van der Waals surface area contributed by atoms with Crippen LogP contribution in [-0.2, 0) is 6.61 Å². The number of halogens is 1. The SMILES string of the molecule is Cc1c(N)ccc(N2C(c3ccccc3OCc3ccccc3)C=CC2(C)Cl)c1C(=O)O. The van der Waals surface area contributed by atoms with Crippen LogP contribution in [0.25, 0.3) is 0 Å². The van der Waals surface area contributed by atoms with Crippen molar-refractivity contribution in [2.24, 2.45) is 0 Å². The van der Waals surface area contributed by atoms with Gasteiger partial charge in [0.2, 0.25) is 0 Å². The molecule has 32 heavy (non-hydrogen) atoms. The van der Waals surface area contributed by atoms with Crippen molar-refractivity contribution in [3.63, 3.8) is 0 Å². The molecule has 0 fully saturated rings. The lowest BCUT2D eigenvalue weighted by molar-refractivity contribution is 0.0696. The summed E-state index contributed by atoms with van der Waals surface area (Å²) in [7, 11) is 0. The third-order valence-corrected chi connectivity index (χ3v) is 6.07. The Morgan fingerprint density at radius 2 is 1.81 bits per heavy atom. The standard InChI is InChI=1S/C26H25ClN2O3/c1-17-20(28)12-13-22(24(17)25(30)31)29-21(14-15-26(29,2)27)19-10-6-7-11-23(19)32-16-18-8-4-3-5-9-18/h3-15,21H,16,28H2,1-2H3,(H,30,31). The maximum Gasteiger partial charge on any atom is 0.338 e. The van der Waals surface area contributed by atoms with E-state index in [9.17, 15) is 9.90 Å². The first-order valence-corrected chi connectivity index (χ1v) is 10.7. The molecule has 1 aliphatic rings. The number of carboxylic acid groups (broad SMARTS) is 1. The molecule has 1 heterocycles. The van der Waals surface area contributed by atoms with Crippen molar-refractivity contribution in [1.29, 1.82) is 0 Å². The molecule has 6 heteroatoms. The molecular weight excluding hydrogens is 424 g/mol. The minimum Gasteiger partial charge on any atom is -0.489 e. The Morgan fingerprint density at radius 1 is 1.12 bits per heavy atom. The lowest BCUT2D eigenvalue weighted by Crippen LogP contribution is -2.39. The van der Waals surface area contributed by atoms with Crippen molar-refractivity contribution in [1.82, 2.24) is 0 Å². The van der Waals surface area contributed by atoms with Gasteiger partial charge in [-0.3, -0.25) is 0 Å². The van der Waals surface area contributed by atoms with Crippen LogP contribution in [-0.4, -0.2) is 16.1 Å². The van der Waals surface area contributed by atoms with E-state index in [4.69, 9.17) is 22.1 Å². The maximum atomic E-state index is 12.2. The van der Waals surface area contributed by atoms with Gasteiger partial charge in [-0.1, -0.05) is 66.2 Å². The summed E-state index contributed by atoms with van der Waals surface area (Å²) in [6.45, 7) is 3.98. The monoisotopic (exact) mass is 448 g/mol. The number of rotatable bonds is 6. The van der Waals surface area contributed by atoms with E-state index in [0.717, 1.165) is 16.9 Å². The zero-order valence-corrected chi connectivity index (χ0v) is 18.7. The minimum absolute atomic E-state index is 0.147. The first-order chi connectivity index (χ1) is 15.3. The lowest BCUT2D eigenvalue weighted by atomic mass is 10.00. The molecule has 0 spiro atoms. The Kier molecular flexibility index (Phi) is 5.85. The number of carboxylic acids is 1. The Labute approximate surface area is 192 Å². The number of anilines is 2. The predicted molar refractivity (Wildman–Crippen MR) is 128 cm³/mol. The number of nitrogens with zero attached hydrogens (tertiary/aromatic N) is 1. The van der Waals surface area contributed by atoms with E-state index in [0.29, 0.717) is 23.5 Å². The van der Waals surface area contributed by atoms with Gasteiger partial charge in [-0.2, -0.15) is 0 Å². The van der Waals surface area contributed by atoms with E-state index in [1.54, 1.807) is 19.1 Å². The molecular formula is C26H25ClN2O3. The van der Waals surface area contributed by atoms with Crippen molar-refractivity contribution < 1.29 is 14.6 Å². The molecule has 5 nitrogen and oxygen atoms in total. The second kappa shape index (κ2) is 8.60. The summed E-state index contributed by atoms with van der Waals surface area (Å²) in [5.74, 6) is -0.328. The summed E-state index contributed by atoms with van der Waals surface area (Å²) in [6.07, 6.45) is 3.86.